The third kappa shape index (κ3) is 5.59. The third-order valence-electron chi connectivity index (χ3n) is 4.03. The van der Waals surface area contributed by atoms with Crippen LogP contribution in [0.5, 0.6) is 0 Å². The van der Waals surface area contributed by atoms with Crippen LogP contribution in [0.2, 0.25) is 0 Å². The highest BCUT2D eigenvalue weighted by atomic mass is 32.2. The molecule has 7 heteroatoms. The molecule has 1 aromatic rings. The molecule has 1 heterocycles. The maximum Gasteiger partial charge on any atom is 0.215 e. The van der Waals surface area contributed by atoms with Crippen LogP contribution in [-0.2, 0) is 20.5 Å². The van der Waals surface area contributed by atoms with Gasteiger partial charge in [-0.1, -0.05) is 12.1 Å². The Bertz CT molecular complexity index is 655. The van der Waals surface area contributed by atoms with Crippen LogP contribution in [0.25, 0.3) is 0 Å². The number of likely N-dealkylation sites (tertiary alicyclic amines) is 1. The molecule has 0 spiro atoms. The van der Waals surface area contributed by atoms with Gasteiger partial charge < -0.3 is 4.74 Å². The van der Waals surface area contributed by atoms with Crippen molar-refractivity contribution in [3.05, 3.63) is 35.4 Å². The molecule has 1 fully saturated rings. The first kappa shape index (κ1) is 17.9. The lowest BCUT2D eigenvalue weighted by molar-refractivity contribution is 0.141. The van der Waals surface area contributed by atoms with Crippen molar-refractivity contribution in [1.82, 2.24) is 9.62 Å². The van der Waals surface area contributed by atoms with E-state index in [1.54, 1.807) is 31.4 Å². The maximum atomic E-state index is 12.2. The van der Waals surface area contributed by atoms with Crippen LogP contribution in [0.3, 0.4) is 0 Å². The van der Waals surface area contributed by atoms with Gasteiger partial charge in [0.05, 0.1) is 24.0 Å². The summed E-state index contributed by atoms with van der Waals surface area (Å²) in [4.78, 5) is 2.27. The van der Waals surface area contributed by atoms with Crippen LogP contribution in [0, 0.1) is 11.3 Å². The van der Waals surface area contributed by atoms with Gasteiger partial charge in [0.25, 0.3) is 0 Å². The molecule has 1 atom stereocenters. The molecular weight excluding hydrogens is 314 g/mol. The first-order valence-corrected chi connectivity index (χ1v) is 9.38. The number of rotatable bonds is 8. The summed E-state index contributed by atoms with van der Waals surface area (Å²) in [6.07, 6.45) is 2.08. The monoisotopic (exact) mass is 337 g/mol. The predicted molar refractivity (Wildman–Crippen MR) is 88.3 cm³/mol. The van der Waals surface area contributed by atoms with Gasteiger partial charge in [-0.3, -0.25) is 4.90 Å². The van der Waals surface area contributed by atoms with Crippen molar-refractivity contribution in [3.8, 4) is 6.07 Å². The molecule has 6 nitrogen and oxygen atoms in total. The number of methoxy groups -OCH3 is 1. The largest absolute Gasteiger partial charge is 0.383 e. The van der Waals surface area contributed by atoms with Gasteiger partial charge in [-0.25, -0.2) is 13.1 Å². The normalized spacial score (nSPS) is 18.9. The third-order valence-corrected chi connectivity index (χ3v) is 5.35. The molecule has 0 radical (unpaired) electrons. The fraction of sp³-hybridized carbons (Fsp3) is 0.562. The lowest BCUT2D eigenvalue weighted by Crippen LogP contribution is -2.41. The van der Waals surface area contributed by atoms with E-state index >= 15 is 0 Å². The van der Waals surface area contributed by atoms with E-state index in [1.165, 1.54) is 0 Å². The van der Waals surface area contributed by atoms with E-state index < -0.39 is 10.0 Å². The molecule has 1 unspecified atom stereocenters. The van der Waals surface area contributed by atoms with Gasteiger partial charge in [0.1, 0.15) is 0 Å². The highest BCUT2D eigenvalue weighted by Crippen LogP contribution is 2.16. The van der Waals surface area contributed by atoms with Crippen molar-refractivity contribution in [2.24, 2.45) is 0 Å². The number of benzene rings is 1. The number of hydrogen-bond donors (Lipinski definition) is 1. The number of hydrogen-bond acceptors (Lipinski definition) is 5. The van der Waals surface area contributed by atoms with Crippen molar-refractivity contribution < 1.29 is 13.2 Å². The van der Waals surface area contributed by atoms with Crippen LogP contribution in [0.15, 0.2) is 24.3 Å². The zero-order valence-corrected chi connectivity index (χ0v) is 14.2. The van der Waals surface area contributed by atoms with Crippen LogP contribution >= 0.6 is 0 Å². The van der Waals surface area contributed by atoms with E-state index in [0.717, 1.165) is 25.9 Å². The molecular formula is C16H23N3O3S. The zero-order valence-electron chi connectivity index (χ0n) is 13.4. The van der Waals surface area contributed by atoms with Gasteiger partial charge in [-0.15, -0.1) is 0 Å². The molecule has 126 valence electrons. The standard InChI is InChI=1S/C16H23N3O3S/c1-22-9-8-19-7-3-6-16(19)12-18-23(20,21)13-15-5-2-4-14(10-15)11-17/h2,4-5,10,16,18H,3,6-9,12-13H2,1H3. The minimum Gasteiger partial charge on any atom is -0.383 e. The molecule has 1 aliphatic rings. The number of nitriles is 1. The summed E-state index contributed by atoms with van der Waals surface area (Å²) in [5.41, 5.74) is 1.10. The van der Waals surface area contributed by atoms with Gasteiger partial charge in [0, 0.05) is 26.2 Å². The minimum atomic E-state index is -3.41. The van der Waals surface area contributed by atoms with E-state index in [2.05, 4.69) is 9.62 Å². The van der Waals surface area contributed by atoms with E-state index in [1.807, 2.05) is 6.07 Å². The number of nitrogens with zero attached hydrogens (tertiary/aromatic N) is 2. The molecule has 0 amide bonds. The average Bonchev–Trinajstić information content (AvgIpc) is 2.98. The quantitative estimate of drug-likeness (QED) is 0.768. The Morgan fingerprint density at radius 2 is 2.30 bits per heavy atom. The summed E-state index contributed by atoms with van der Waals surface area (Å²) < 4.78 is 32.3. The van der Waals surface area contributed by atoms with E-state index in [-0.39, 0.29) is 11.8 Å². The molecule has 0 aromatic heterocycles. The molecule has 0 saturated carbocycles. The van der Waals surface area contributed by atoms with E-state index in [0.29, 0.717) is 24.3 Å². The van der Waals surface area contributed by atoms with Crippen LogP contribution in [-0.4, -0.2) is 52.7 Å². The fourth-order valence-electron chi connectivity index (χ4n) is 2.85. The summed E-state index contributed by atoms with van der Waals surface area (Å²) in [6.45, 7) is 2.89. The van der Waals surface area contributed by atoms with Gasteiger partial charge >= 0.3 is 0 Å². The van der Waals surface area contributed by atoms with Crippen molar-refractivity contribution in [2.45, 2.75) is 24.6 Å². The number of nitrogens with one attached hydrogen (secondary N) is 1. The summed E-state index contributed by atoms with van der Waals surface area (Å²) >= 11 is 0. The molecule has 0 aliphatic carbocycles. The molecule has 1 aliphatic heterocycles. The molecule has 1 aromatic carbocycles. The second-order valence-corrected chi connectivity index (χ2v) is 7.55. The Kier molecular flexibility index (Phi) is 6.54. The van der Waals surface area contributed by atoms with Gasteiger partial charge in [-0.2, -0.15) is 5.26 Å². The smallest absolute Gasteiger partial charge is 0.215 e. The molecule has 0 bridgehead atoms. The second kappa shape index (κ2) is 8.41. The average molecular weight is 337 g/mol. The Balaban J connectivity index is 1.89. The van der Waals surface area contributed by atoms with Crippen molar-refractivity contribution in [2.75, 3.05) is 33.4 Å². The summed E-state index contributed by atoms with van der Waals surface area (Å²) in [7, 11) is -1.74. The van der Waals surface area contributed by atoms with Crippen molar-refractivity contribution in [1.29, 1.82) is 5.26 Å². The zero-order chi connectivity index (χ0) is 16.7. The van der Waals surface area contributed by atoms with Crippen LogP contribution in [0.1, 0.15) is 24.0 Å². The van der Waals surface area contributed by atoms with Gasteiger partial charge in [0.2, 0.25) is 10.0 Å². The predicted octanol–water partition coefficient (Wildman–Crippen LogP) is 1.09. The highest BCUT2D eigenvalue weighted by molar-refractivity contribution is 7.88. The maximum absolute atomic E-state index is 12.2. The molecule has 2 rings (SSSR count). The minimum absolute atomic E-state index is 0.104. The second-order valence-electron chi connectivity index (χ2n) is 5.74. The topological polar surface area (TPSA) is 82.4 Å². The first-order valence-electron chi connectivity index (χ1n) is 7.73. The Labute approximate surface area is 138 Å². The lowest BCUT2D eigenvalue weighted by Gasteiger charge is -2.24. The molecule has 1 N–H and O–H groups in total. The lowest BCUT2D eigenvalue weighted by atomic mass is 10.2. The Morgan fingerprint density at radius 1 is 1.48 bits per heavy atom. The van der Waals surface area contributed by atoms with Gasteiger partial charge in [0.15, 0.2) is 0 Å². The highest BCUT2D eigenvalue weighted by Gasteiger charge is 2.25. The number of ether oxygens (including phenoxy) is 1. The van der Waals surface area contributed by atoms with E-state index in [4.69, 9.17) is 10.00 Å². The SMILES string of the molecule is COCCN1CCCC1CNS(=O)(=O)Cc1cccc(C#N)c1. The van der Waals surface area contributed by atoms with E-state index in [9.17, 15) is 8.42 Å². The summed E-state index contributed by atoms with van der Waals surface area (Å²) in [5.74, 6) is -0.104. The van der Waals surface area contributed by atoms with Crippen molar-refractivity contribution in [3.63, 3.8) is 0 Å². The summed E-state index contributed by atoms with van der Waals surface area (Å²) in [6, 6.07) is 8.95. The Hall–Kier alpha value is -1.46. The molecule has 23 heavy (non-hydrogen) atoms. The van der Waals surface area contributed by atoms with Crippen LogP contribution in [0.4, 0.5) is 0 Å². The molecule has 1 saturated heterocycles. The summed E-state index contributed by atoms with van der Waals surface area (Å²) in [5, 5.41) is 8.88. The van der Waals surface area contributed by atoms with Crippen molar-refractivity contribution >= 4 is 10.0 Å². The fourth-order valence-corrected chi connectivity index (χ4v) is 4.02. The van der Waals surface area contributed by atoms with Crippen LogP contribution < -0.4 is 4.72 Å². The van der Waals surface area contributed by atoms with Gasteiger partial charge in [-0.05, 0) is 37.1 Å². The first-order chi connectivity index (χ1) is 11.0. The Morgan fingerprint density at radius 3 is 3.04 bits per heavy atom. The number of sulfonamides is 1.